The van der Waals surface area contributed by atoms with Gasteiger partial charge in [0.2, 0.25) is 0 Å². The first-order valence-electron chi connectivity index (χ1n) is 6.63. The molecule has 0 aliphatic heterocycles. The van der Waals surface area contributed by atoms with Crippen molar-refractivity contribution in [3.05, 3.63) is 67.3 Å². The van der Waals surface area contributed by atoms with Gasteiger partial charge in [0.25, 0.3) is 17.2 Å². The first-order valence-corrected chi connectivity index (χ1v) is 7.01. The highest BCUT2D eigenvalue weighted by atomic mass is 35.5. The summed E-state index contributed by atoms with van der Waals surface area (Å²) in [7, 11) is 0. The van der Waals surface area contributed by atoms with Crippen LogP contribution in [0.3, 0.4) is 0 Å². The molecular weight excluding hydrogens is 324 g/mol. The van der Waals surface area contributed by atoms with E-state index in [0.29, 0.717) is 5.69 Å². The molecule has 0 saturated carbocycles. The fourth-order valence-electron chi connectivity index (χ4n) is 1.92. The molecule has 2 rings (SSSR count). The molecule has 0 saturated heterocycles. The molecule has 1 aromatic heterocycles. The van der Waals surface area contributed by atoms with Crippen LogP contribution in [0.2, 0.25) is 5.02 Å². The molecule has 9 heteroatoms. The quantitative estimate of drug-likeness (QED) is 0.658. The van der Waals surface area contributed by atoms with Crippen LogP contribution in [0.4, 0.5) is 5.69 Å². The van der Waals surface area contributed by atoms with Crippen molar-refractivity contribution in [2.24, 2.45) is 0 Å². The summed E-state index contributed by atoms with van der Waals surface area (Å²) in [6, 6.07) is 5.12. The summed E-state index contributed by atoms with van der Waals surface area (Å²) < 4.78 is 1.33. The molecule has 0 aliphatic carbocycles. The van der Waals surface area contributed by atoms with Crippen molar-refractivity contribution in [1.82, 2.24) is 14.9 Å². The van der Waals surface area contributed by atoms with Crippen LogP contribution in [-0.2, 0) is 6.54 Å². The minimum Gasteiger partial charge on any atom is -0.350 e. The monoisotopic (exact) mass is 336 g/mol. The molecule has 1 heterocycles. The third-order valence-electron chi connectivity index (χ3n) is 3.05. The molecule has 0 aliphatic rings. The summed E-state index contributed by atoms with van der Waals surface area (Å²) in [5.74, 6) is -0.632. The zero-order valence-electron chi connectivity index (χ0n) is 12.2. The van der Waals surface area contributed by atoms with E-state index in [1.54, 1.807) is 6.92 Å². The number of rotatable bonds is 5. The number of carbonyl (C=O) groups excluding carboxylic acids is 1. The van der Waals surface area contributed by atoms with E-state index < -0.39 is 10.8 Å². The summed E-state index contributed by atoms with van der Waals surface area (Å²) in [5, 5.41) is 13.7. The molecule has 0 bridgehead atoms. The molecule has 0 spiro atoms. The van der Waals surface area contributed by atoms with Crippen LogP contribution < -0.4 is 10.9 Å². The van der Waals surface area contributed by atoms with Gasteiger partial charge in [-0.2, -0.15) is 0 Å². The number of halogens is 1. The van der Waals surface area contributed by atoms with E-state index in [9.17, 15) is 19.7 Å². The summed E-state index contributed by atoms with van der Waals surface area (Å²) in [6.45, 7) is 2.02. The van der Waals surface area contributed by atoms with E-state index in [2.05, 4.69) is 10.3 Å². The average Bonchev–Trinajstić information content (AvgIpc) is 2.48. The Hall–Kier alpha value is -2.74. The van der Waals surface area contributed by atoms with E-state index >= 15 is 0 Å². The maximum absolute atomic E-state index is 12.1. The maximum atomic E-state index is 12.1. The molecule has 0 atom stereocenters. The van der Waals surface area contributed by atoms with Gasteiger partial charge in [0.15, 0.2) is 0 Å². The highest BCUT2D eigenvalue weighted by Gasteiger charge is 2.20. The Morgan fingerprint density at radius 1 is 1.43 bits per heavy atom. The van der Waals surface area contributed by atoms with Gasteiger partial charge in [-0.05, 0) is 19.1 Å². The zero-order valence-corrected chi connectivity index (χ0v) is 12.9. The van der Waals surface area contributed by atoms with E-state index in [-0.39, 0.29) is 34.9 Å². The number of benzene rings is 1. The Balaban J connectivity index is 2.07. The number of amides is 1. The number of carbonyl (C=O) groups is 1. The number of nitro benzene ring substituents is 1. The van der Waals surface area contributed by atoms with E-state index in [1.165, 1.54) is 35.2 Å². The normalized spacial score (nSPS) is 10.3. The van der Waals surface area contributed by atoms with Crippen molar-refractivity contribution in [2.75, 3.05) is 6.54 Å². The minimum absolute atomic E-state index is 0.118. The summed E-state index contributed by atoms with van der Waals surface area (Å²) in [5.41, 5.74) is -0.0942. The fourth-order valence-corrected chi connectivity index (χ4v) is 2.09. The largest absolute Gasteiger partial charge is 0.350 e. The Morgan fingerprint density at radius 3 is 2.83 bits per heavy atom. The van der Waals surface area contributed by atoms with Crippen molar-refractivity contribution in [1.29, 1.82) is 0 Å². The molecular formula is C14H13ClN4O4. The second kappa shape index (κ2) is 7.01. The molecule has 1 aromatic carbocycles. The zero-order chi connectivity index (χ0) is 17.0. The number of hydrogen-bond acceptors (Lipinski definition) is 5. The number of nitro groups is 1. The second-order valence-corrected chi connectivity index (χ2v) is 5.17. The highest BCUT2D eigenvalue weighted by Crippen LogP contribution is 2.22. The molecule has 1 N–H and O–H groups in total. The summed E-state index contributed by atoms with van der Waals surface area (Å²) >= 11 is 5.77. The summed E-state index contributed by atoms with van der Waals surface area (Å²) in [6.07, 6.45) is 1.38. The molecule has 0 fully saturated rings. The lowest BCUT2D eigenvalue weighted by molar-refractivity contribution is -0.385. The molecule has 1 amide bonds. The van der Waals surface area contributed by atoms with Gasteiger partial charge in [0.05, 0.1) is 11.3 Å². The van der Waals surface area contributed by atoms with Gasteiger partial charge in [0.1, 0.15) is 5.56 Å². The first-order chi connectivity index (χ1) is 10.9. The number of aromatic nitrogens is 2. The molecule has 23 heavy (non-hydrogen) atoms. The van der Waals surface area contributed by atoms with Gasteiger partial charge in [-0.15, -0.1) is 0 Å². The third kappa shape index (κ3) is 4.13. The van der Waals surface area contributed by atoms with Crippen LogP contribution in [0.25, 0.3) is 0 Å². The number of hydrogen-bond donors (Lipinski definition) is 1. The Kier molecular flexibility index (Phi) is 5.07. The van der Waals surface area contributed by atoms with E-state index in [1.807, 2.05) is 0 Å². The van der Waals surface area contributed by atoms with Gasteiger partial charge in [-0.25, -0.2) is 4.98 Å². The van der Waals surface area contributed by atoms with Crippen molar-refractivity contribution in [3.8, 4) is 0 Å². The van der Waals surface area contributed by atoms with Crippen LogP contribution in [-0.4, -0.2) is 26.9 Å². The SMILES string of the molecule is Cc1cc(=O)n(CCNC(=O)c2cc(Cl)ccc2[N+](=O)[O-])cn1. The maximum Gasteiger partial charge on any atom is 0.282 e. The van der Waals surface area contributed by atoms with E-state index in [4.69, 9.17) is 11.6 Å². The lowest BCUT2D eigenvalue weighted by Crippen LogP contribution is -2.31. The van der Waals surface area contributed by atoms with Crippen molar-refractivity contribution in [3.63, 3.8) is 0 Å². The predicted molar refractivity (Wildman–Crippen MR) is 83.7 cm³/mol. The average molecular weight is 337 g/mol. The van der Waals surface area contributed by atoms with Crippen LogP contribution in [0.5, 0.6) is 0 Å². The topological polar surface area (TPSA) is 107 Å². The van der Waals surface area contributed by atoms with Gasteiger partial charge < -0.3 is 5.32 Å². The first kappa shape index (κ1) is 16.6. The van der Waals surface area contributed by atoms with Crippen molar-refractivity contribution in [2.45, 2.75) is 13.5 Å². The predicted octanol–water partition coefficient (Wildman–Crippen LogP) is 1.54. The Labute approximate surface area is 135 Å². The van der Waals surface area contributed by atoms with Crippen LogP contribution >= 0.6 is 11.6 Å². The highest BCUT2D eigenvalue weighted by molar-refractivity contribution is 6.31. The molecule has 0 unspecified atom stereocenters. The van der Waals surface area contributed by atoms with Crippen molar-refractivity contribution >= 4 is 23.2 Å². The molecule has 120 valence electrons. The van der Waals surface area contributed by atoms with Crippen molar-refractivity contribution < 1.29 is 9.72 Å². The van der Waals surface area contributed by atoms with Gasteiger partial charge in [-0.3, -0.25) is 24.3 Å². The van der Waals surface area contributed by atoms with E-state index in [0.717, 1.165) is 0 Å². The van der Waals surface area contributed by atoms with Gasteiger partial charge in [0, 0.05) is 35.9 Å². The Morgan fingerprint density at radius 2 is 2.17 bits per heavy atom. The number of nitrogens with one attached hydrogen (secondary N) is 1. The lowest BCUT2D eigenvalue weighted by atomic mass is 10.1. The molecule has 8 nitrogen and oxygen atoms in total. The molecule has 0 radical (unpaired) electrons. The smallest absolute Gasteiger partial charge is 0.282 e. The van der Waals surface area contributed by atoms with Gasteiger partial charge in [-0.1, -0.05) is 11.6 Å². The second-order valence-electron chi connectivity index (χ2n) is 4.74. The summed E-state index contributed by atoms with van der Waals surface area (Å²) in [4.78, 5) is 38.0. The van der Waals surface area contributed by atoms with Gasteiger partial charge >= 0.3 is 0 Å². The standard InChI is InChI=1S/C14H13ClN4O4/c1-9-6-13(20)18(8-17-9)5-4-16-14(21)11-7-10(15)2-3-12(11)19(22)23/h2-3,6-8H,4-5H2,1H3,(H,16,21). The Bertz CT molecular complexity index is 819. The minimum atomic E-state index is -0.653. The molecule has 2 aromatic rings. The fraction of sp³-hybridized carbons (Fsp3) is 0.214. The lowest BCUT2D eigenvalue weighted by Gasteiger charge is -2.08. The van der Waals surface area contributed by atoms with Crippen LogP contribution in [0.1, 0.15) is 16.1 Å². The van der Waals surface area contributed by atoms with Crippen LogP contribution in [0, 0.1) is 17.0 Å². The number of aryl methyl sites for hydroxylation is 1. The third-order valence-corrected chi connectivity index (χ3v) is 3.29. The number of nitrogens with zero attached hydrogens (tertiary/aromatic N) is 3. The van der Waals surface area contributed by atoms with Crippen LogP contribution in [0.15, 0.2) is 35.4 Å².